The molecule has 0 bridgehead atoms. The van der Waals surface area contributed by atoms with Gasteiger partial charge in [-0.05, 0) is 33.1 Å². The van der Waals surface area contributed by atoms with Gasteiger partial charge >= 0.3 is 0 Å². The molecule has 4 nitrogen and oxygen atoms in total. The van der Waals surface area contributed by atoms with E-state index in [-0.39, 0.29) is 24.7 Å². The Bertz CT molecular complexity index is 212. The Morgan fingerprint density at radius 1 is 1.50 bits per heavy atom. The lowest BCUT2D eigenvalue weighted by molar-refractivity contribution is -0.139. The Morgan fingerprint density at radius 3 is 2.75 bits per heavy atom. The van der Waals surface area contributed by atoms with Gasteiger partial charge in [0.15, 0.2) is 0 Å². The van der Waals surface area contributed by atoms with E-state index in [9.17, 15) is 4.79 Å². The maximum absolute atomic E-state index is 11.8. The zero-order chi connectivity index (χ0) is 12.0. The first-order valence-electron chi connectivity index (χ1n) is 6.05. The van der Waals surface area contributed by atoms with E-state index in [1.54, 1.807) is 7.11 Å². The SMILES string of the molecule is COCC(=O)N(C[C@H]1CCCCO1)C(C)C. The Hall–Kier alpha value is -0.610. The van der Waals surface area contributed by atoms with Crippen LogP contribution in [0.3, 0.4) is 0 Å². The molecule has 16 heavy (non-hydrogen) atoms. The summed E-state index contributed by atoms with van der Waals surface area (Å²) in [6, 6.07) is 0.202. The molecule has 94 valence electrons. The van der Waals surface area contributed by atoms with Gasteiger partial charge in [0.1, 0.15) is 6.61 Å². The van der Waals surface area contributed by atoms with E-state index in [0.29, 0.717) is 6.54 Å². The molecule has 1 aliphatic rings. The van der Waals surface area contributed by atoms with Gasteiger partial charge in [0, 0.05) is 26.3 Å². The fraction of sp³-hybridized carbons (Fsp3) is 0.917. The van der Waals surface area contributed by atoms with Gasteiger partial charge in [0.25, 0.3) is 0 Å². The van der Waals surface area contributed by atoms with Crippen LogP contribution in [0, 0.1) is 0 Å². The average molecular weight is 229 g/mol. The van der Waals surface area contributed by atoms with E-state index in [0.717, 1.165) is 19.4 Å². The predicted molar refractivity (Wildman–Crippen MR) is 62.3 cm³/mol. The Balaban J connectivity index is 2.46. The minimum atomic E-state index is 0.0478. The summed E-state index contributed by atoms with van der Waals surface area (Å²) in [7, 11) is 1.55. The van der Waals surface area contributed by atoms with E-state index in [4.69, 9.17) is 9.47 Å². The first kappa shape index (κ1) is 13.5. The normalized spacial score (nSPS) is 21.1. The number of nitrogens with zero attached hydrogens (tertiary/aromatic N) is 1. The highest BCUT2D eigenvalue weighted by molar-refractivity contribution is 5.77. The van der Waals surface area contributed by atoms with Gasteiger partial charge in [0.05, 0.1) is 6.10 Å². The third kappa shape index (κ3) is 4.10. The van der Waals surface area contributed by atoms with Gasteiger partial charge in [-0.15, -0.1) is 0 Å². The van der Waals surface area contributed by atoms with Crippen molar-refractivity contribution in [3.05, 3.63) is 0 Å². The number of carbonyl (C=O) groups is 1. The summed E-state index contributed by atoms with van der Waals surface area (Å²) in [5.41, 5.74) is 0. The smallest absolute Gasteiger partial charge is 0.248 e. The molecule has 0 aromatic rings. The van der Waals surface area contributed by atoms with Crippen LogP contribution in [0.15, 0.2) is 0 Å². The summed E-state index contributed by atoms with van der Waals surface area (Å²) in [4.78, 5) is 13.7. The lowest BCUT2D eigenvalue weighted by atomic mass is 10.1. The second kappa shape index (κ2) is 6.86. The average Bonchev–Trinajstić information content (AvgIpc) is 2.27. The Morgan fingerprint density at radius 2 is 2.25 bits per heavy atom. The minimum absolute atomic E-state index is 0.0478. The molecule has 0 unspecified atom stereocenters. The van der Waals surface area contributed by atoms with Crippen LogP contribution >= 0.6 is 0 Å². The molecule has 1 amide bonds. The minimum Gasteiger partial charge on any atom is -0.376 e. The largest absolute Gasteiger partial charge is 0.376 e. The van der Waals surface area contributed by atoms with E-state index in [1.807, 2.05) is 18.7 Å². The van der Waals surface area contributed by atoms with Gasteiger partial charge in [-0.1, -0.05) is 0 Å². The highest BCUT2D eigenvalue weighted by Crippen LogP contribution is 2.15. The van der Waals surface area contributed by atoms with E-state index >= 15 is 0 Å². The van der Waals surface area contributed by atoms with Crippen molar-refractivity contribution < 1.29 is 14.3 Å². The lowest BCUT2D eigenvalue weighted by Crippen LogP contribution is -2.45. The van der Waals surface area contributed by atoms with Crippen molar-refractivity contribution in [1.82, 2.24) is 4.90 Å². The topological polar surface area (TPSA) is 38.8 Å². The van der Waals surface area contributed by atoms with Crippen LogP contribution in [0.2, 0.25) is 0 Å². The Kier molecular flexibility index (Phi) is 5.77. The molecule has 0 radical (unpaired) electrons. The number of methoxy groups -OCH3 is 1. The second-order valence-corrected chi connectivity index (χ2v) is 4.56. The van der Waals surface area contributed by atoms with Gasteiger partial charge in [-0.2, -0.15) is 0 Å². The zero-order valence-electron chi connectivity index (χ0n) is 10.6. The fourth-order valence-corrected chi connectivity index (χ4v) is 1.98. The maximum atomic E-state index is 11.8. The molecule has 1 atom stereocenters. The van der Waals surface area contributed by atoms with Crippen LogP contribution in [-0.2, 0) is 14.3 Å². The van der Waals surface area contributed by atoms with Crippen molar-refractivity contribution in [3.8, 4) is 0 Å². The summed E-state index contributed by atoms with van der Waals surface area (Å²) in [5, 5.41) is 0. The summed E-state index contributed by atoms with van der Waals surface area (Å²) in [6.07, 6.45) is 3.61. The molecule has 1 fully saturated rings. The molecule has 1 saturated heterocycles. The monoisotopic (exact) mass is 229 g/mol. The number of hydrogen-bond acceptors (Lipinski definition) is 3. The molecule has 4 heteroatoms. The van der Waals surface area contributed by atoms with E-state index in [1.165, 1.54) is 6.42 Å². The molecule has 1 heterocycles. The zero-order valence-corrected chi connectivity index (χ0v) is 10.6. The molecule has 1 rings (SSSR count). The molecule has 0 saturated carbocycles. The van der Waals surface area contributed by atoms with Crippen LogP contribution in [0.25, 0.3) is 0 Å². The molecule has 0 spiro atoms. The molecule has 0 aliphatic carbocycles. The first-order chi connectivity index (χ1) is 7.65. The van der Waals surface area contributed by atoms with Crippen LogP contribution in [0.4, 0.5) is 0 Å². The van der Waals surface area contributed by atoms with Crippen molar-refractivity contribution in [2.45, 2.75) is 45.3 Å². The molecular weight excluding hydrogens is 206 g/mol. The van der Waals surface area contributed by atoms with Gasteiger partial charge in [-0.25, -0.2) is 0 Å². The number of carbonyl (C=O) groups excluding carboxylic acids is 1. The van der Waals surface area contributed by atoms with Crippen molar-refractivity contribution in [3.63, 3.8) is 0 Å². The van der Waals surface area contributed by atoms with Gasteiger partial charge in [0.2, 0.25) is 5.91 Å². The number of hydrogen-bond donors (Lipinski definition) is 0. The van der Waals surface area contributed by atoms with Crippen molar-refractivity contribution in [2.24, 2.45) is 0 Å². The van der Waals surface area contributed by atoms with Crippen LogP contribution < -0.4 is 0 Å². The summed E-state index contributed by atoms with van der Waals surface area (Å²) < 4.78 is 10.5. The van der Waals surface area contributed by atoms with Crippen LogP contribution in [-0.4, -0.2) is 49.8 Å². The Labute approximate surface area is 97.9 Å². The molecule has 0 aromatic heterocycles. The highest BCUT2D eigenvalue weighted by atomic mass is 16.5. The van der Waals surface area contributed by atoms with Crippen LogP contribution in [0.1, 0.15) is 33.1 Å². The maximum Gasteiger partial charge on any atom is 0.248 e. The summed E-state index contributed by atoms with van der Waals surface area (Å²) >= 11 is 0. The standard InChI is InChI=1S/C12H23NO3/c1-10(2)13(12(14)9-15-3)8-11-6-4-5-7-16-11/h10-11H,4-9H2,1-3H3/t11-/m1/s1. The predicted octanol–water partition coefficient (Wildman–Crippen LogP) is 1.44. The molecule has 0 aromatic carbocycles. The molecule has 0 N–H and O–H groups in total. The highest BCUT2D eigenvalue weighted by Gasteiger charge is 2.23. The number of ether oxygens (including phenoxy) is 2. The first-order valence-corrected chi connectivity index (χ1v) is 6.05. The van der Waals surface area contributed by atoms with Crippen molar-refractivity contribution >= 4 is 5.91 Å². The molecule has 1 aliphatic heterocycles. The summed E-state index contributed by atoms with van der Waals surface area (Å²) in [5.74, 6) is 0.0478. The van der Waals surface area contributed by atoms with E-state index in [2.05, 4.69) is 0 Å². The third-order valence-electron chi connectivity index (χ3n) is 2.89. The lowest BCUT2D eigenvalue weighted by Gasteiger charge is -2.32. The van der Waals surface area contributed by atoms with Gasteiger partial charge < -0.3 is 14.4 Å². The van der Waals surface area contributed by atoms with Gasteiger partial charge in [-0.3, -0.25) is 4.79 Å². The molecular formula is C12H23NO3. The van der Waals surface area contributed by atoms with Crippen molar-refractivity contribution in [2.75, 3.05) is 26.9 Å². The third-order valence-corrected chi connectivity index (χ3v) is 2.89. The summed E-state index contributed by atoms with van der Waals surface area (Å²) in [6.45, 7) is 5.73. The quantitative estimate of drug-likeness (QED) is 0.716. The van der Waals surface area contributed by atoms with Crippen LogP contribution in [0.5, 0.6) is 0 Å². The van der Waals surface area contributed by atoms with Crippen molar-refractivity contribution in [1.29, 1.82) is 0 Å². The van der Waals surface area contributed by atoms with E-state index < -0.39 is 0 Å². The number of amides is 1. The second-order valence-electron chi connectivity index (χ2n) is 4.56. The fourth-order valence-electron chi connectivity index (χ4n) is 1.98. The number of rotatable bonds is 5.